The minimum atomic E-state index is -0.103. The fraction of sp³-hybridized carbons (Fsp3) is 0.280. The molecule has 160 valence electrons. The monoisotopic (exact) mass is 425 g/mol. The number of rotatable bonds is 7. The Kier molecular flexibility index (Phi) is 4.60. The molecule has 0 aliphatic heterocycles. The zero-order chi connectivity index (χ0) is 21.5. The van der Waals surface area contributed by atoms with Gasteiger partial charge in [0.1, 0.15) is 12.1 Å². The van der Waals surface area contributed by atoms with Gasteiger partial charge in [-0.1, -0.05) is 29.4 Å². The molecule has 2 aromatic carbocycles. The molecule has 2 aliphatic rings. The van der Waals surface area contributed by atoms with Crippen molar-refractivity contribution in [1.82, 2.24) is 20.0 Å². The lowest BCUT2D eigenvalue weighted by molar-refractivity contribution is 0.0687. The first-order valence-corrected chi connectivity index (χ1v) is 11.1. The molecule has 0 spiro atoms. The minimum Gasteiger partial charge on any atom is -0.367 e. The fourth-order valence-corrected chi connectivity index (χ4v) is 4.04. The van der Waals surface area contributed by atoms with Crippen LogP contribution in [0.2, 0.25) is 0 Å². The van der Waals surface area contributed by atoms with Crippen molar-refractivity contribution in [3.8, 4) is 11.1 Å². The fourth-order valence-electron chi connectivity index (χ4n) is 4.04. The Labute approximate surface area is 185 Å². The molecule has 0 saturated heterocycles. The molecule has 7 heteroatoms. The number of anilines is 1. The second kappa shape index (κ2) is 7.75. The lowest BCUT2D eigenvalue weighted by Crippen LogP contribution is -2.32. The second-order valence-electron chi connectivity index (χ2n) is 8.61. The average molecular weight is 425 g/mol. The number of hydrogen-bond donors (Lipinski definition) is 1. The van der Waals surface area contributed by atoms with E-state index in [2.05, 4.69) is 50.8 Å². The van der Waals surface area contributed by atoms with Crippen LogP contribution in [0.3, 0.4) is 0 Å². The summed E-state index contributed by atoms with van der Waals surface area (Å²) in [6, 6.07) is 17.1. The van der Waals surface area contributed by atoms with E-state index in [-0.39, 0.29) is 11.9 Å². The third-order valence-electron chi connectivity index (χ3n) is 6.06. The van der Waals surface area contributed by atoms with Crippen molar-refractivity contribution < 1.29 is 9.32 Å². The van der Waals surface area contributed by atoms with Crippen LogP contribution in [0.5, 0.6) is 0 Å². The van der Waals surface area contributed by atoms with Crippen molar-refractivity contribution in [3.63, 3.8) is 0 Å². The zero-order valence-corrected chi connectivity index (χ0v) is 17.6. The van der Waals surface area contributed by atoms with Gasteiger partial charge in [0.25, 0.3) is 5.91 Å². The number of amides is 1. The second-order valence-corrected chi connectivity index (χ2v) is 8.61. The van der Waals surface area contributed by atoms with E-state index < -0.39 is 0 Å². The molecule has 0 atom stereocenters. The molecule has 1 N–H and O–H groups in total. The van der Waals surface area contributed by atoms with Crippen LogP contribution in [0, 0.1) is 0 Å². The molecule has 2 heterocycles. The maximum Gasteiger partial charge on any atom is 0.293 e. The Bertz CT molecular complexity index is 1280. The Morgan fingerprint density at radius 1 is 1.03 bits per heavy atom. The first kappa shape index (κ1) is 19.0. The average Bonchev–Trinajstić information content (AvgIpc) is 3.77. The van der Waals surface area contributed by atoms with Gasteiger partial charge in [-0.2, -0.15) is 0 Å². The molecule has 32 heavy (non-hydrogen) atoms. The lowest BCUT2D eigenvalue weighted by atomic mass is 10.0. The number of carbonyl (C=O) groups is 1. The Balaban J connectivity index is 1.30. The van der Waals surface area contributed by atoms with Crippen LogP contribution in [0.15, 0.2) is 65.6 Å². The maximum atomic E-state index is 12.9. The number of carbonyl (C=O) groups excluding carboxylic acids is 1. The summed E-state index contributed by atoms with van der Waals surface area (Å²) in [5, 5.41) is 8.22. The van der Waals surface area contributed by atoms with Crippen LogP contribution < -0.4 is 5.32 Å². The number of aromatic nitrogens is 3. The van der Waals surface area contributed by atoms with Crippen LogP contribution in [0.25, 0.3) is 22.0 Å². The molecule has 7 nitrogen and oxygen atoms in total. The highest BCUT2D eigenvalue weighted by molar-refractivity contribution is 5.93. The van der Waals surface area contributed by atoms with Gasteiger partial charge in [-0.25, -0.2) is 9.97 Å². The molecule has 1 amide bonds. The summed E-state index contributed by atoms with van der Waals surface area (Å²) in [5.74, 6) is 1.08. The van der Waals surface area contributed by atoms with Crippen molar-refractivity contribution in [3.05, 3.63) is 72.4 Å². The molecule has 2 aromatic heterocycles. The molecule has 2 saturated carbocycles. The van der Waals surface area contributed by atoms with Gasteiger partial charge in [0.05, 0.1) is 11.7 Å². The van der Waals surface area contributed by atoms with Gasteiger partial charge in [-0.3, -0.25) is 4.79 Å². The first-order valence-electron chi connectivity index (χ1n) is 11.1. The van der Waals surface area contributed by atoms with Gasteiger partial charge in [0.15, 0.2) is 0 Å². The van der Waals surface area contributed by atoms with E-state index in [9.17, 15) is 4.79 Å². The van der Waals surface area contributed by atoms with Crippen LogP contribution in [-0.2, 0) is 6.54 Å². The Hall–Kier alpha value is -3.74. The van der Waals surface area contributed by atoms with Crippen LogP contribution in [-0.4, -0.2) is 38.0 Å². The van der Waals surface area contributed by atoms with Gasteiger partial charge < -0.3 is 14.7 Å². The van der Waals surface area contributed by atoms with Gasteiger partial charge in [-0.05, 0) is 60.6 Å². The molecule has 6 rings (SSSR count). The van der Waals surface area contributed by atoms with Gasteiger partial charge in [0.2, 0.25) is 5.76 Å². The van der Waals surface area contributed by atoms with Crippen LogP contribution in [0.4, 0.5) is 5.82 Å². The zero-order valence-electron chi connectivity index (χ0n) is 17.6. The van der Waals surface area contributed by atoms with E-state index >= 15 is 0 Å². The SMILES string of the molecule is O=C(c1ccno1)N(Cc1cccc(-c2ccc3ncnc(NC4CC4)c3c2)c1)C1CC1. The number of hydrogen-bond acceptors (Lipinski definition) is 6. The van der Waals surface area contributed by atoms with Crippen molar-refractivity contribution in [2.75, 3.05) is 5.32 Å². The van der Waals surface area contributed by atoms with E-state index in [1.165, 1.54) is 19.0 Å². The number of benzene rings is 2. The smallest absolute Gasteiger partial charge is 0.293 e. The van der Waals surface area contributed by atoms with Crippen molar-refractivity contribution in [2.24, 2.45) is 0 Å². The van der Waals surface area contributed by atoms with Gasteiger partial charge >= 0.3 is 0 Å². The highest BCUT2D eigenvalue weighted by Crippen LogP contribution is 2.32. The molecule has 0 unspecified atom stereocenters. The topological polar surface area (TPSA) is 84.2 Å². The summed E-state index contributed by atoms with van der Waals surface area (Å²) < 4.78 is 5.11. The summed E-state index contributed by atoms with van der Waals surface area (Å²) in [6.45, 7) is 0.545. The summed E-state index contributed by atoms with van der Waals surface area (Å²) in [7, 11) is 0. The van der Waals surface area contributed by atoms with Crippen LogP contribution >= 0.6 is 0 Å². The largest absolute Gasteiger partial charge is 0.367 e. The molecule has 0 bridgehead atoms. The Morgan fingerprint density at radius 2 is 1.91 bits per heavy atom. The molecule has 2 aliphatic carbocycles. The minimum absolute atomic E-state index is 0.103. The number of nitrogens with zero attached hydrogens (tertiary/aromatic N) is 4. The molecule has 0 radical (unpaired) electrons. The highest BCUT2D eigenvalue weighted by atomic mass is 16.5. The van der Waals surface area contributed by atoms with Crippen molar-refractivity contribution >= 4 is 22.6 Å². The Morgan fingerprint density at radius 3 is 2.69 bits per heavy atom. The summed E-state index contributed by atoms with van der Waals surface area (Å²) in [6.07, 6.45) is 7.57. The maximum absolute atomic E-state index is 12.9. The molecular weight excluding hydrogens is 402 g/mol. The normalized spacial score (nSPS) is 15.6. The molecule has 2 fully saturated rings. The van der Waals surface area contributed by atoms with E-state index in [1.807, 2.05) is 17.0 Å². The number of fused-ring (bicyclic) bond motifs is 1. The quantitative estimate of drug-likeness (QED) is 0.463. The van der Waals surface area contributed by atoms with Gasteiger partial charge in [0, 0.05) is 30.1 Å². The third-order valence-corrected chi connectivity index (χ3v) is 6.06. The number of nitrogens with one attached hydrogen (secondary N) is 1. The standard InChI is InChI=1S/C25H23N5O2/c31-25(23-10-11-28-32-23)30(20-7-8-20)14-16-2-1-3-17(12-16)18-4-9-22-21(13-18)24(27-15-26-22)29-19-5-6-19/h1-4,9-13,15,19-20H,5-8,14H2,(H,26,27,29). The van der Waals surface area contributed by atoms with E-state index in [1.54, 1.807) is 12.4 Å². The highest BCUT2D eigenvalue weighted by Gasteiger charge is 2.34. The van der Waals surface area contributed by atoms with Gasteiger partial charge in [-0.15, -0.1) is 0 Å². The van der Waals surface area contributed by atoms with E-state index in [4.69, 9.17) is 4.52 Å². The van der Waals surface area contributed by atoms with E-state index in [0.717, 1.165) is 46.3 Å². The van der Waals surface area contributed by atoms with E-state index in [0.29, 0.717) is 18.3 Å². The lowest BCUT2D eigenvalue weighted by Gasteiger charge is -2.21. The summed E-state index contributed by atoms with van der Waals surface area (Å²) in [4.78, 5) is 23.7. The predicted molar refractivity (Wildman–Crippen MR) is 121 cm³/mol. The third kappa shape index (κ3) is 3.82. The summed E-state index contributed by atoms with van der Waals surface area (Å²) in [5.41, 5.74) is 4.23. The van der Waals surface area contributed by atoms with Crippen LogP contribution in [0.1, 0.15) is 41.8 Å². The predicted octanol–water partition coefficient (Wildman–Crippen LogP) is 4.66. The summed E-state index contributed by atoms with van der Waals surface area (Å²) >= 11 is 0. The molecular formula is C25H23N5O2. The molecule has 4 aromatic rings. The van der Waals surface area contributed by atoms with Crippen molar-refractivity contribution in [2.45, 2.75) is 44.3 Å². The first-order chi connectivity index (χ1) is 15.7. The van der Waals surface area contributed by atoms with Crippen molar-refractivity contribution in [1.29, 1.82) is 0 Å².